The molecule has 0 aliphatic heterocycles. The normalized spacial score (nSPS) is 11.9. The molecule has 0 spiro atoms. The van der Waals surface area contributed by atoms with E-state index in [0.29, 0.717) is 37.2 Å². The van der Waals surface area contributed by atoms with Crippen LogP contribution in [0.1, 0.15) is 195 Å². The molecule has 0 bridgehead atoms. The number of carbonyl (C=O) groups is 2. The van der Waals surface area contributed by atoms with Crippen molar-refractivity contribution in [2.45, 2.75) is 195 Å². The van der Waals surface area contributed by atoms with Crippen LogP contribution in [0.25, 0.3) is 0 Å². The summed E-state index contributed by atoms with van der Waals surface area (Å²) < 4.78 is 11.5. The van der Waals surface area contributed by atoms with E-state index in [1.807, 2.05) is 0 Å². The van der Waals surface area contributed by atoms with E-state index in [1.54, 1.807) is 0 Å². The van der Waals surface area contributed by atoms with Crippen molar-refractivity contribution in [2.75, 3.05) is 13.2 Å². The lowest BCUT2D eigenvalue weighted by molar-refractivity contribution is -0.142. The van der Waals surface area contributed by atoms with Crippen LogP contribution in [0.5, 0.6) is 0 Å². The van der Waals surface area contributed by atoms with E-state index < -0.39 is 0 Å². The number of esters is 2. The topological polar surface area (TPSA) is 52.6 Å². The highest BCUT2D eigenvalue weighted by Gasteiger charge is 2.23. The van der Waals surface area contributed by atoms with E-state index in [2.05, 4.69) is 27.7 Å². The molecule has 0 aromatic carbocycles. The van der Waals surface area contributed by atoms with Gasteiger partial charge in [0, 0.05) is 11.1 Å². The second-order valence-electron chi connectivity index (χ2n) is 11.8. The van der Waals surface area contributed by atoms with Gasteiger partial charge < -0.3 is 9.47 Å². The maximum atomic E-state index is 13.3. The Balaban J connectivity index is 5.22. The van der Waals surface area contributed by atoms with Gasteiger partial charge in [0.1, 0.15) is 0 Å². The van der Waals surface area contributed by atoms with Crippen molar-refractivity contribution in [1.29, 1.82) is 0 Å². The van der Waals surface area contributed by atoms with Crippen LogP contribution in [0.4, 0.5) is 0 Å². The number of ether oxygens (including phenoxy) is 2. The number of unbranched alkanes of at least 4 members (excludes halogenated alkanes) is 20. The predicted molar refractivity (Wildman–Crippen MR) is 172 cm³/mol. The first-order valence-corrected chi connectivity index (χ1v) is 17.7. The number of hydrogen-bond acceptors (Lipinski definition) is 4. The zero-order chi connectivity index (χ0) is 29.5. The molecule has 0 heterocycles. The summed E-state index contributed by atoms with van der Waals surface area (Å²) >= 11 is 0. The number of rotatable bonds is 30. The molecule has 4 nitrogen and oxygen atoms in total. The van der Waals surface area contributed by atoms with Crippen molar-refractivity contribution in [3.05, 3.63) is 11.1 Å². The van der Waals surface area contributed by atoms with Crippen molar-refractivity contribution < 1.29 is 19.1 Å². The molecule has 0 aliphatic rings. The summed E-state index contributed by atoms with van der Waals surface area (Å²) in [4.78, 5) is 26.7. The molecule has 0 amide bonds. The van der Waals surface area contributed by atoms with E-state index in [0.717, 1.165) is 64.2 Å². The highest BCUT2D eigenvalue weighted by molar-refractivity contribution is 6.00. The van der Waals surface area contributed by atoms with Crippen LogP contribution in [0.15, 0.2) is 11.1 Å². The summed E-state index contributed by atoms with van der Waals surface area (Å²) in [5.74, 6) is -0.561. The molecule has 0 saturated carbocycles. The van der Waals surface area contributed by atoms with Crippen LogP contribution in [-0.2, 0) is 19.1 Å². The molecule has 0 aliphatic carbocycles. The minimum atomic E-state index is -0.281. The van der Waals surface area contributed by atoms with Gasteiger partial charge in [-0.15, -0.1) is 0 Å². The zero-order valence-electron chi connectivity index (χ0n) is 27.4. The second-order valence-corrected chi connectivity index (χ2v) is 11.8. The minimum Gasteiger partial charge on any atom is -0.462 e. The van der Waals surface area contributed by atoms with E-state index in [-0.39, 0.29) is 11.9 Å². The molecule has 0 radical (unpaired) electrons. The highest BCUT2D eigenvalue weighted by Crippen LogP contribution is 2.23. The fraction of sp³-hybridized carbons (Fsp3) is 0.889. The van der Waals surface area contributed by atoms with Gasteiger partial charge >= 0.3 is 11.9 Å². The number of carbonyl (C=O) groups excluding carboxylic acids is 2. The van der Waals surface area contributed by atoms with Gasteiger partial charge in [-0.25, -0.2) is 9.59 Å². The third kappa shape index (κ3) is 23.4. The van der Waals surface area contributed by atoms with Gasteiger partial charge in [0.05, 0.1) is 13.2 Å². The van der Waals surface area contributed by atoms with Crippen LogP contribution < -0.4 is 0 Å². The summed E-state index contributed by atoms with van der Waals surface area (Å²) in [5.41, 5.74) is 1.19. The maximum absolute atomic E-state index is 13.3. The van der Waals surface area contributed by atoms with Gasteiger partial charge in [0.25, 0.3) is 0 Å². The molecule has 0 unspecified atom stereocenters. The fourth-order valence-electron chi connectivity index (χ4n) is 5.19. The summed E-state index contributed by atoms with van der Waals surface area (Å²) in [6.07, 6.45) is 29.1. The summed E-state index contributed by atoms with van der Waals surface area (Å²) in [5, 5.41) is 0. The van der Waals surface area contributed by atoms with E-state index in [4.69, 9.17) is 9.47 Å². The summed E-state index contributed by atoms with van der Waals surface area (Å²) in [6.45, 7) is 9.78. The van der Waals surface area contributed by atoms with Crippen LogP contribution in [0.3, 0.4) is 0 Å². The second kappa shape index (κ2) is 30.6. The Bertz CT molecular complexity index is 610. The maximum Gasteiger partial charge on any atom is 0.334 e. The van der Waals surface area contributed by atoms with Crippen LogP contribution in [0.2, 0.25) is 0 Å². The standard InChI is InChI=1S/C36H68O4/c1-5-9-13-17-20-21-22-26-30-34(36(38)40-32-28-24-19-15-11-7-3)33(29-25-16-12-8-4)35(37)39-31-27-23-18-14-10-6-2/h5-32H2,1-4H3/b34-33-. The lowest BCUT2D eigenvalue weighted by Gasteiger charge is -2.15. The first-order valence-electron chi connectivity index (χ1n) is 17.7. The quantitative estimate of drug-likeness (QED) is 0.0494. The van der Waals surface area contributed by atoms with Crippen molar-refractivity contribution >= 4 is 11.9 Å². The molecular formula is C36H68O4. The third-order valence-corrected chi connectivity index (χ3v) is 7.88. The van der Waals surface area contributed by atoms with E-state index in [1.165, 1.54) is 89.9 Å². The van der Waals surface area contributed by atoms with Crippen molar-refractivity contribution in [2.24, 2.45) is 0 Å². The molecule has 0 aromatic rings. The monoisotopic (exact) mass is 565 g/mol. The highest BCUT2D eigenvalue weighted by atomic mass is 16.5. The van der Waals surface area contributed by atoms with Gasteiger partial charge in [0.2, 0.25) is 0 Å². The zero-order valence-corrected chi connectivity index (χ0v) is 27.4. The van der Waals surface area contributed by atoms with E-state index in [9.17, 15) is 9.59 Å². The Kier molecular flexibility index (Phi) is 29.6. The molecule has 0 fully saturated rings. The third-order valence-electron chi connectivity index (χ3n) is 7.88. The van der Waals surface area contributed by atoms with Crippen molar-refractivity contribution in [1.82, 2.24) is 0 Å². The van der Waals surface area contributed by atoms with Crippen LogP contribution in [0, 0.1) is 0 Å². The lowest BCUT2D eigenvalue weighted by Crippen LogP contribution is -2.18. The van der Waals surface area contributed by atoms with Gasteiger partial charge in [-0.05, 0) is 38.5 Å². The molecule has 40 heavy (non-hydrogen) atoms. The Morgan fingerprint density at radius 2 is 0.600 bits per heavy atom. The fourth-order valence-corrected chi connectivity index (χ4v) is 5.19. The average Bonchev–Trinajstić information content (AvgIpc) is 2.96. The molecule has 0 N–H and O–H groups in total. The Labute approximate surface area is 249 Å². The molecular weight excluding hydrogens is 496 g/mol. The van der Waals surface area contributed by atoms with Crippen molar-refractivity contribution in [3.63, 3.8) is 0 Å². The van der Waals surface area contributed by atoms with Gasteiger partial charge in [-0.2, -0.15) is 0 Å². The van der Waals surface area contributed by atoms with Crippen LogP contribution in [-0.4, -0.2) is 25.2 Å². The first kappa shape index (κ1) is 38.7. The Hall–Kier alpha value is -1.32. The minimum absolute atomic E-state index is 0.279. The average molecular weight is 565 g/mol. The van der Waals surface area contributed by atoms with Crippen LogP contribution >= 0.6 is 0 Å². The molecule has 0 atom stereocenters. The Morgan fingerprint density at radius 1 is 0.350 bits per heavy atom. The van der Waals surface area contributed by atoms with Gasteiger partial charge in [-0.3, -0.25) is 0 Å². The predicted octanol–water partition coefficient (Wildman–Crippen LogP) is 11.6. The summed E-state index contributed by atoms with van der Waals surface area (Å²) in [7, 11) is 0. The van der Waals surface area contributed by atoms with E-state index >= 15 is 0 Å². The van der Waals surface area contributed by atoms with Crippen molar-refractivity contribution in [3.8, 4) is 0 Å². The first-order chi connectivity index (χ1) is 19.6. The lowest BCUT2D eigenvalue weighted by atomic mass is 9.96. The molecule has 236 valence electrons. The molecule has 0 saturated heterocycles. The summed E-state index contributed by atoms with van der Waals surface area (Å²) in [6, 6.07) is 0. The SMILES string of the molecule is CCCCCCCCCC/C(C(=O)OCCCCCCCC)=C(\CCCCCC)C(=O)OCCCCCCCC. The molecule has 0 rings (SSSR count). The molecule has 4 heteroatoms. The smallest absolute Gasteiger partial charge is 0.334 e. The van der Waals surface area contributed by atoms with Gasteiger partial charge in [0.15, 0.2) is 0 Å². The Morgan fingerprint density at radius 3 is 0.925 bits per heavy atom. The largest absolute Gasteiger partial charge is 0.462 e. The molecule has 0 aromatic heterocycles. The number of hydrogen-bond donors (Lipinski definition) is 0. The van der Waals surface area contributed by atoms with Gasteiger partial charge in [-0.1, -0.05) is 156 Å².